The summed E-state index contributed by atoms with van der Waals surface area (Å²) >= 11 is 3.55. The van der Waals surface area contributed by atoms with E-state index in [0.29, 0.717) is 13.0 Å². The van der Waals surface area contributed by atoms with Gasteiger partial charge in [0.05, 0.1) is 18.8 Å². The van der Waals surface area contributed by atoms with Crippen molar-refractivity contribution in [3.63, 3.8) is 0 Å². The first-order valence-electron chi connectivity index (χ1n) is 7.26. The molecule has 1 fully saturated rings. The largest absolute Gasteiger partial charge is 0.497 e. The van der Waals surface area contributed by atoms with Gasteiger partial charge in [-0.1, -0.05) is 28.8 Å². The summed E-state index contributed by atoms with van der Waals surface area (Å²) in [5, 5.41) is 10.7. The van der Waals surface area contributed by atoms with E-state index in [0.717, 1.165) is 41.5 Å². The Morgan fingerprint density at radius 2 is 2.05 bits per heavy atom. The summed E-state index contributed by atoms with van der Waals surface area (Å²) in [5.41, 5.74) is 0.694. The standard InChI is InChI=1S/C16H23BrO3/c1-3-20-16(8-4-5-9-16)15(18)11-12-10-13(19-2)6-7-14(12)17/h6-7,10,15,18H,3-5,8-9,11H2,1-2H3. The van der Waals surface area contributed by atoms with Crippen LogP contribution in [0.4, 0.5) is 0 Å². The van der Waals surface area contributed by atoms with E-state index in [1.165, 1.54) is 0 Å². The van der Waals surface area contributed by atoms with Gasteiger partial charge in [0, 0.05) is 17.5 Å². The summed E-state index contributed by atoms with van der Waals surface area (Å²) in [6, 6.07) is 5.85. The molecule has 0 heterocycles. The zero-order chi connectivity index (χ0) is 14.6. The van der Waals surface area contributed by atoms with Crippen molar-refractivity contribution >= 4 is 15.9 Å². The first-order valence-corrected chi connectivity index (χ1v) is 8.05. The lowest BCUT2D eigenvalue weighted by atomic mass is 9.89. The minimum Gasteiger partial charge on any atom is -0.497 e. The van der Waals surface area contributed by atoms with E-state index in [4.69, 9.17) is 9.47 Å². The third-order valence-electron chi connectivity index (χ3n) is 4.16. The summed E-state index contributed by atoms with van der Waals surface area (Å²) in [6.07, 6.45) is 4.27. The lowest BCUT2D eigenvalue weighted by Crippen LogP contribution is -2.43. The summed E-state index contributed by atoms with van der Waals surface area (Å²) in [6.45, 7) is 2.64. The van der Waals surface area contributed by atoms with E-state index in [1.54, 1.807) is 7.11 Å². The fraction of sp³-hybridized carbons (Fsp3) is 0.625. The van der Waals surface area contributed by atoms with Crippen molar-refractivity contribution < 1.29 is 14.6 Å². The highest BCUT2D eigenvalue weighted by atomic mass is 79.9. The van der Waals surface area contributed by atoms with Gasteiger partial charge in [-0.15, -0.1) is 0 Å². The molecule has 20 heavy (non-hydrogen) atoms. The van der Waals surface area contributed by atoms with E-state index < -0.39 is 6.10 Å². The highest BCUT2D eigenvalue weighted by Crippen LogP contribution is 2.38. The maximum Gasteiger partial charge on any atom is 0.119 e. The van der Waals surface area contributed by atoms with Gasteiger partial charge in [0.15, 0.2) is 0 Å². The maximum absolute atomic E-state index is 10.7. The molecule has 0 spiro atoms. The predicted octanol–water partition coefficient (Wildman–Crippen LogP) is 3.71. The van der Waals surface area contributed by atoms with Crippen LogP contribution in [-0.4, -0.2) is 30.5 Å². The van der Waals surface area contributed by atoms with E-state index in [-0.39, 0.29) is 5.60 Å². The van der Waals surface area contributed by atoms with Crippen molar-refractivity contribution in [2.24, 2.45) is 0 Å². The predicted molar refractivity (Wildman–Crippen MR) is 83.2 cm³/mol. The van der Waals surface area contributed by atoms with Crippen molar-refractivity contribution in [1.29, 1.82) is 0 Å². The van der Waals surface area contributed by atoms with Gasteiger partial charge >= 0.3 is 0 Å². The zero-order valence-corrected chi connectivity index (χ0v) is 13.8. The Balaban J connectivity index is 2.15. The highest BCUT2D eigenvalue weighted by Gasteiger charge is 2.41. The van der Waals surface area contributed by atoms with Gasteiger partial charge in [0.1, 0.15) is 5.75 Å². The quantitative estimate of drug-likeness (QED) is 0.856. The van der Waals surface area contributed by atoms with Crippen LogP contribution in [0.15, 0.2) is 22.7 Å². The van der Waals surface area contributed by atoms with Crippen LogP contribution in [0, 0.1) is 0 Å². The average Bonchev–Trinajstić information content (AvgIpc) is 2.91. The van der Waals surface area contributed by atoms with Gasteiger partial charge < -0.3 is 14.6 Å². The first-order chi connectivity index (χ1) is 9.61. The third kappa shape index (κ3) is 3.35. The molecule has 1 aliphatic carbocycles. The van der Waals surface area contributed by atoms with E-state index in [9.17, 15) is 5.11 Å². The molecule has 112 valence electrons. The molecule has 3 nitrogen and oxygen atoms in total. The highest BCUT2D eigenvalue weighted by molar-refractivity contribution is 9.10. The van der Waals surface area contributed by atoms with E-state index >= 15 is 0 Å². The van der Waals surface area contributed by atoms with Crippen molar-refractivity contribution in [2.45, 2.75) is 50.7 Å². The molecule has 1 aromatic rings. The Morgan fingerprint density at radius 3 is 2.65 bits per heavy atom. The number of rotatable bonds is 6. The van der Waals surface area contributed by atoms with Crippen molar-refractivity contribution in [2.75, 3.05) is 13.7 Å². The van der Waals surface area contributed by atoms with E-state index in [1.807, 2.05) is 25.1 Å². The smallest absolute Gasteiger partial charge is 0.119 e. The average molecular weight is 343 g/mol. The molecular weight excluding hydrogens is 320 g/mol. The van der Waals surface area contributed by atoms with Gasteiger partial charge in [-0.05, 0) is 43.5 Å². The number of hydrogen-bond donors (Lipinski definition) is 1. The number of halogens is 1. The second kappa shape index (κ2) is 6.92. The molecule has 1 aromatic carbocycles. The summed E-state index contributed by atoms with van der Waals surface area (Å²) in [5.74, 6) is 0.812. The molecule has 0 saturated heterocycles. The second-order valence-corrected chi connectivity index (χ2v) is 6.24. The molecule has 1 atom stereocenters. The van der Waals surface area contributed by atoms with Crippen molar-refractivity contribution in [3.8, 4) is 5.75 Å². The number of ether oxygens (including phenoxy) is 2. The van der Waals surface area contributed by atoms with Crippen LogP contribution in [0.1, 0.15) is 38.2 Å². The summed E-state index contributed by atoms with van der Waals surface area (Å²) < 4.78 is 12.2. The van der Waals surface area contributed by atoms with Crippen LogP contribution < -0.4 is 4.74 Å². The van der Waals surface area contributed by atoms with Crippen LogP contribution >= 0.6 is 15.9 Å². The molecule has 1 aliphatic rings. The summed E-state index contributed by atoms with van der Waals surface area (Å²) in [4.78, 5) is 0. The molecular formula is C16H23BrO3. The van der Waals surface area contributed by atoms with Gasteiger partial charge in [0.2, 0.25) is 0 Å². The van der Waals surface area contributed by atoms with Gasteiger partial charge in [-0.25, -0.2) is 0 Å². The van der Waals surface area contributed by atoms with Crippen LogP contribution in [0.3, 0.4) is 0 Å². The molecule has 0 radical (unpaired) electrons. The molecule has 1 saturated carbocycles. The van der Waals surface area contributed by atoms with E-state index in [2.05, 4.69) is 15.9 Å². The lowest BCUT2D eigenvalue weighted by Gasteiger charge is -2.34. The van der Waals surface area contributed by atoms with Crippen LogP contribution in [0.25, 0.3) is 0 Å². The lowest BCUT2D eigenvalue weighted by molar-refractivity contribution is -0.115. The number of aliphatic hydroxyl groups is 1. The number of benzene rings is 1. The van der Waals surface area contributed by atoms with Crippen LogP contribution in [0.2, 0.25) is 0 Å². The third-order valence-corrected chi connectivity index (χ3v) is 4.93. The normalized spacial score (nSPS) is 19.0. The SMILES string of the molecule is CCOC1(C(O)Cc2cc(OC)ccc2Br)CCCC1. The van der Waals surface area contributed by atoms with Gasteiger partial charge in [-0.2, -0.15) is 0 Å². The molecule has 1 N–H and O–H groups in total. The van der Waals surface area contributed by atoms with Gasteiger partial charge in [0.25, 0.3) is 0 Å². The Kier molecular flexibility index (Phi) is 5.47. The fourth-order valence-electron chi connectivity index (χ4n) is 3.06. The Labute approximate surface area is 129 Å². The molecule has 1 unspecified atom stereocenters. The minimum atomic E-state index is -0.478. The zero-order valence-electron chi connectivity index (χ0n) is 12.2. The number of hydrogen-bond acceptors (Lipinski definition) is 3. The number of aliphatic hydroxyl groups excluding tert-OH is 1. The first kappa shape index (κ1) is 15.8. The van der Waals surface area contributed by atoms with Crippen molar-refractivity contribution in [3.05, 3.63) is 28.2 Å². The van der Waals surface area contributed by atoms with Crippen LogP contribution in [-0.2, 0) is 11.2 Å². The molecule has 0 aliphatic heterocycles. The maximum atomic E-state index is 10.7. The number of methoxy groups -OCH3 is 1. The molecule has 0 amide bonds. The van der Waals surface area contributed by atoms with Crippen LogP contribution in [0.5, 0.6) is 5.75 Å². The molecule has 2 rings (SSSR count). The van der Waals surface area contributed by atoms with Gasteiger partial charge in [-0.3, -0.25) is 0 Å². The monoisotopic (exact) mass is 342 g/mol. The second-order valence-electron chi connectivity index (χ2n) is 5.38. The Morgan fingerprint density at radius 1 is 1.35 bits per heavy atom. The summed E-state index contributed by atoms with van der Waals surface area (Å²) in [7, 11) is 1.65. The Hall–Kier alpha value is -0.580. The van der Waals surface area contributed by atoms with Crippen molar-refractivity contribution in [1.82, 2.24) is 0 Å². The Bertz CT molecular complexity index is 441. The minimum absolute atomic E-state index is 0.364. The fourth-order valence-corrected chi connectivity index (χ4v) is 3.47. The molecule has 0 bridgehead atoms. The molecule has 0 aromatic heterocycles. The molecule has 4 heteroatoms. The topological polar surface area (TPSA) is 38.7 Å².